The molecule has 3 N–H and O–H groups in total. The van der Waals surface area contributed by atoms with E-state index in [2.05, 4.69) is 0 Å². The van der Waals surface area contributed by atoms with E-state index in [4.69, 9.17) is 0 Å². The van der Waals surface area contributed by atoms with E-state index < -0.39 is 45.3 Å². The maximum Gasteiger partial charge on any atom is 0.438 e. The Morgan fingerprint density at radius 1 is 1.08 bits per heavy atom. The molecule has 2 bridgehead atoms. The molecule has 2 aliphatic rings. The summed E-state index contributed by atoms with van der Waals surface area (Å²) in [7, 11) is -4.87. The van der Waals surface area contributed by atoms with Crippen LogP contribution >= 0.6 is 0 Å². The topological polar surface area (TPSA) is 86.6 Å². The standard InChI is InChI=1S/C13H18F5NO4S/c1-10(20,9-6-7-3-4-8(9)5-7)11(14,15)12(21,13(16,17)18)19-24(2,22)23/h3-4,7-9,19-21H,5-6H2,1-2H3. The molecular formula is C13H18F5NO4S. The Labute approximate surface area is 135 Å². The molecule has 1 saturated carbocycles. The van der Waals surface area contributed by atoms with Crippen molar-refractivity contribution < 1.29 is 40.6 Å². The van der Waals surface area contributed by atoms with Crippen LogP contribution in [0.15, 0.2) is 12.2 Å². The number of allylic oxidation sites excluding steroid dienone is 2. The predicted octanol–water partition coefficient (Wildman–Crippen LogP) is 1.38. The van der Waals surface area contributed by atoms with Gasteiger partial charge >= 0.3 is 12.1 Å². The summed E-state index contributed by atoms with van der Waals surface area (Å²) in [6, 6.07) is 0. The molecule has 11 heteroatoms. The number of rotatable bonds is 5. The maximum atomic E-state index is 14.7. The third-order valence-electron chi connectivity index (χ3n) is 4.83. The lowest BCUT2D eigenvalue weighted by molar-refractivity contribution is -0.376. The van der Waals surface area contributed by atoms with Crippen LogP contribution < -0.4 is 4.72 Å². The molecule has 0 aliphatic heterocycles. The fourth-order valence-corrected chi connectivity index (χ4v) is 4.37. The first-order valence-corrected chi connectivity index (χ1v) is 8.98. The maximum absolute atomic E-state index is 14.7. The number of nitrogens with one attached hydrogen (secondary N) is 1. The lowest BCUT2D eigenvalue weighted by Crippen LogP contribution is -2.76. The van der Waals surface area contributed by atoms with Gasteiger partial charge < -0.3 is 10.2 Å². The second-order valence-electron chi connectivity index (χ2n) is 6.69. The molecule has 0 aromatic carbocycles. The molecule has 5 atom stereocenters. The van der Waals surface area contributed by atoms with Crippen molar-refractivity contribution in [1.82, 2.24) is 4.72 Å². The lowest BCUT2D eigenvalue weighted by atomic mass is 9.73. The van der Waals surface area contributed by atoms with Crippen LogP contribution in [0.25, 0.3) is 0 Å². The molecule has 5 unspecified atom stereocenters. The lowest BCUT2D eigenvalue weighted by Gasteiger charge is -2.47. The third kappa shape index (κ3) is 2.85. The Bertz CT molecular complexity index is 645. The van der Waals surface area contributed by atoms with Gasteiger partial charge in [-0.25, -0.2) is 8.42 Å². The van der Waals surface area contributed by atoms with E-state index >= 15 is 0 Å². The molecule has 24 heavy (non-hydrogen) atoms. The zero-order valence-electron chi connectivity index (χ0n) is 12.8. The van der Waals surface area contributed by atoms with Crippen molar-refractivity contribution in [1.29, 1.82) is 0 Å². The summed E-state index contributed by atoms with van der Waals surface area (Å²) in [4.78, 5) is 0. The quantitative estimate of drug-likeness (QED) is 0.383. The minimum Gasteiger partial charge on any atom is -0.383 e. The summed E-state index contributed by atoms with van der Waals surface area (Å²) in [5.74, 6) is -7.18. The summed E-state index contributed by atoms with van der Waals surface area (Å²) in [5.41, 5.74) is -8.43. The number of hydrogen-bond acceptors (Lipinski definition) is 4. The highest BCUT2D eigenvalue weighted by molar-refractivity contribution is 7.88. The number of hydrogen-bond donors (Lipinski definition) is 3. The Balaban J connectivity index is 2.49. The highest BCUT2D eigenvalue weighted by Gasteiger charge is 2.78. The average Bonchev–Trinajstić information content (AvgIpc) is 2.96. The van der Waals surface area contributed by atoms with Gasteiger partial charge in [0, 0.05) is 5.92 Å². The Hall–Kier alpha value is -0.780. The third-order valence-corrected chi connectivity index (χ3v) is 5.50. The van der Waals surface area contributed by atoms with Crippen LogP contribution in [0, 0.1) is 17.8 Å². The molecule has 0 saturated heterocycles. The Kier molecular flexibility index (Phi) is 4.36. The van der Waals surface area contributed by atoms with E-state index in [9.17, 15) is 40.6 Å². The largest absolute Gasteiger partial charge is 0.438 e. The van der Waals surface area contributed by atoms with E-state index in [1.807, 2.05) is 0 Å². The highest BCUT2D eigenvalue weighted by atomic mass is 32.2. The molecule has 5 nitrogen and oxygen atoms in total. The van der Waals surface area contributed by atoms with Gasteiger partial charge in [-0.2, -0.15) is 26.7 Å². The van der Waals surface area contributed by atoms with Gasteiger partial charge in [-0.05, 0) is 31.6 Å². The summed E-state index contributed by atoms with van der Waals surface area (Å²) in [6.45, 7) is 0.493. The Morgan fingerprint density at radius 3 is 1.96 bits per heavy atom. The number of aliphatic hydroxyl groups is 2. The van der Waals surface area contributed by atoms with Crippen molar-refractivity contribution in [2.24, 2.45) is 17.8 Å². The second kappa shape index (κ2) is 5.36. The molecule has 2 aliphatic carbocycles. The zero-order valence-corrected chi connectivity index (χ0v) is 13.6. The number of alkyl halides is 5. The smallest absolute Gasteiger partial charge is 0.383 e. The first kappa shape index (κ1) is 19.5. The van der Waals surface area contributed by atoms with Crippen molar-refractivity contribution >= 4 is 10.0 Å². The molecule has 0 amide bonds. The molecular weight excluding hydrogens is 361 g/mol. The van der Waals surface area contributed by atoms with Crippen molar-refractivity contribution in [3.8, 4) is 0 Å². The van der Waals surface area contributed by atoms with Crippen LogP contribution in [0.5, 0.6) is 0 Å². The van der Waals surface area contributed by atoms with Crippen LogP contribution in [-0.4, -0.2) is 48.3 Å². The molecule has 0 radical (unpaired) electrons. The van der Waals surface area contributed by atoms with E-state index in [0.29, 0.717) is 18.1 Å². The van der Waals surface area contributed by atoms with Gasteiger partial charge in [0.2, 0.25) is 10.0 Å². The predicted molar refractivity (Wildman–Crippen MR) is 73.4 cm³/mol. The van der Waals surface area contributed by atoms with Gasteiger partial charge in [0.05, 0.1) is 6.26 Å². The van der Waals surface area contributed by atoms with E-state index in [-0.39, 0.29) is 18.6 Å². The normalized spacial score (nSPS) is 32.6. The van der Waals surface area contributed by atoms with Crippen LogP contribution in [0.4, 0.5) is 22.0 Å². The number of sulfonamides is 1. The van der Waals surface area contributed by atoms with Crippen molar-refractivity contribution in [2.45, 2.75) is 43.2 Å². The molecule has 140 valence electrons. The summed E-state index contributed by atoms with van der Waals surface area (Å²) >= 11 is 0. The van der Waals surface area contributed by atoms with E-state index in [1.165, 1.54) is 0 Å². The Morgan fingerprint density at radius 2 is 1.62 bits per heavy atom. The first-order chi connectivity index (χ1) is 10.5. The van der Waals surface area contributed by atoms with Gasteiger partial charge in [0.1, 0.15) is 5.60 Å². The van der Waals surface area contributed by atoms with Crippen molar-refractivity contribution in [3.05, 3.63) is 12.2 Å². The van der Waals surface area contributed by atoms with Crippen molar-refractivity contribution in [3.63, 3.8) is 0 Å². The van der Waals surface area contributed by atoms with Gasteiger partial charge in [0.15, 0.2) is 0 Å². The number of halogens is 5. The SMILES string of the molecule is CC(O)(C1CC2C=CC1C2)C(F)(F)C(O)(NS(C)(=O)=O)C(F)(F)F. The van der Waals surface area contributed by atoms with Crippen LogP contribution in [0.2, 0.25) is 0 Å². The zero-order chi connectivity index (χ0) is 18.8. The number of fused-ring (bicyclic) bond motifs is 2. The van der Waals surface area contributed by atoms with Gasteiger partial charge in [-0.1, -0.05) is 12.2 Å². The summed E-state index contributed by atoms with van der Waals surface area (Å²) in [6.07, 6.45) is -2.14. The fraction of sp³-hybridized carbons (Fsp3) is 0.846. The molecule has 0 aromatic rings. The van der Waals surface area contributed by atoms with Crippen LogP contribution in [-0.2, 0) is 10.0 Å². The molecule has 0 aromatic heterocycles. The second-order valence-corrected chi connectivity index (χ2v) is 8.44. The monoisotopic (exact) mass is 379 g/mol. The minimum absolute atomic E-state index is 0.0244. The van der Waals surface area contributed by atoms with Crippen LogP contribution in [0.3, 0.4) is 0 Å². The molecule has 0 heterocycles. The summed E-state index contributed by atoms with van der Waals surface area (Å²) in [5, 5.41) is 19.9. The first-order valence-electron chi connectivity index (χ1n) is 7.09. The summed E-state index contributed by atoms with van der Waals surface area (Å²) < 4.78 is 91.6. The molecule has 0 spiro atoms. The van der Waals surface area contributed by atoms with Crippen LogP contribution in [0.1, 0.15) is 19.8 Å². The highest BCUT2D eigenvalue weighted by Crippen LogP contribution is 2.56. The average molecular weight is 379 g/mol. The van der Waals surface area contributed by atoms with Crippen molar-refractivity contribution in [2.75, 3.05) is 6.26 Å². The molecule has 2 rings (SSSR count). The van der Waals surface area contributed by atoms with Gasteiger partial charge in [-0.15, -0.1) is 0 Å². The van der Waals surface area contributed by atoms with Gasteiger partial charge in [-0.3, -0.25) is 0 Å². The minimum atomic E-state index is -6.06. The van der Waals surface area contributed by atoms with E-state index in [0.717, 1.165) is 0 Å². The van der Waals surface area contributed by atoms with Gasteiger partial charge in [0.25, 0.3) is 5.72 Å². The fourth-order valence-electron chi connectivity index (χ4n) is 3.59. The van der Waals surface area contributed by atoms with E-state index in [1.54, 1.807) is 12.2 Å². The molecule has 1 fully saturated rings.